The van der Waals surface area contributed by atoms with Crippen LogP contribution in [0.4, 0.5) is 19.0 Å². The van der Waals surface area contributed by atoms with Gasteiger partial charge in [-0.3, -0.25) is 4.79 Å². The molecule has 1 saturated heterocycles. The molecule has 0 unspecified atom stereocenters. The molecule has 0 saturated carbocycles. The summed E-state index contributed by atoms with van der Waals surface area (Å²) < 4.78 is 38.8. The van der Waals surface area contributed by atoms with Crippen molar-refractivity contribution in [3.05, 3.63) is 41.1 Å². The number of halogens is 3. The van der Waals surface area contributed by atoms with E-state index in [0.717, 1.165) is 61.3 Å². The molecule has 2 heterocycles. The molecule has 8 heteroatoms. The molecule has 1 amide bonds. The third-order valence-corrected chi connectivity index (χ3v) is 6.19. The van der Waals surface area contributed by atoms with Crippen molar-refractivity contribution in [2.75, 3.05) is 31.1 Å². The summed E-state index contributed by atoms with van der Waals surface area (Å²) >= 11 is 0. The number of benzene rings is 1. The highest BCUT2D eigenvalue weighted by molar-refractivity contribution is 5.76. The zero-order chi connectivity index (χ0) is 24.0. The Bertz CT molecular complexity index is 936. The second-order valence-corrected chi connectivity index (χ2v) is 8.54. The number of carbonyl (C=O) groups excluding carboxylic acids is 1. The first-order valence-corrected chi connectivity index (χ1v) is 11.8. The van der Waals surface area contributed by atoms with Gasteiger partial charge in [-0.1, -0.05) is 45.2 Å². The summed E-state index contributed by atoms with van der Waals surface area (Å²) in [6.45, 7) is 8.76. The molecular formula is C25H33F3N4O. The summed E-state index contributed by atoms with van der Waals surface area (Å²) in [5, 5.41) is 0. The molecule has 1 aromatic heterocycles. The fraction of sp³-hybridized carbons (Fsp3) is 0.560. The molecule has 0 atom stereocenters. The van der Waals surface area contributed by atoms with Gasteiger partial charge in [0.05, 0.1) is 5.56 Å². The smallest absolute Gasteiger partial charge is 0.353 e. The predicted octanol–water partition coefficient (Wildman–Crippen LogP) is 5.65. The molecule has 1 aliphatic heterocycles. The van der Waals surface area contributed by atoms with Gasteiger partial charge < -0.3 is 9.80 Å². The van der Waals surface area contributed by atoms with Crippen LogP contribution in [-0.2, 0) is 17.4 Å². The van der Waals surface area contributed by atoms with Crippen LogP contribution in [0.15, 0.2) is 24.3 Å². The Hall–Kier alpha value is -2.64. The number of unbranched alkanes of at least 4 members (excludes halogenated alkanes) is 3. The lowest BCUT2D eigenvalue weighted by Crippen LogP contribution is -2.49. The van der Waals surface area contributed by atoms with Crippen LogP contribution in [0, 0.1) is 6.92 Å². The largest absolute Gasteiger partial charge is 0.416 e. The van der Waals surface area contributed by atoms with Crippen LogP contribution in [0.3, 0.4) is 0 Å². The maximum absolute atomic E-state index is 12.9. The van der Waals surface area contributed by atoms with E-state index in [4.69, 9.17) is 4.98 Å². The van der Waals surface area contributed by atoms with Crippen molar-refractivity contribution in [1.82, 2.24) is 14.9 Å². The van der Waals surface area contributed by atoms with E-state index in [9.17, 15) is 18.0 Å². The van der Waals surface area contributed by atoms with Crippen LogP contribution in [0.2, 0.25) is 0 Å². The molecule has 1 aromatic carbocycles. The van der Waals surface area contributed by atoms with Crippen LogP contribution in [0.1, 0.15) is 62.8 Å². The normalized spacial score (nSPS) is 14.6. The standard InChI is InChI=1S/C25H33F3N4O/c1-4-6-7-8-9-22(33)31-14-16-32(17-15-31)24-21(5-2)18(3)29-23(30-24)19-10-12-20(13-11-19)25(26,27)28/h10-13H,4-9,14-17H2,1-3H3. The summed E-state index contributed by atoms with van der Waals surface area (Å²) in [5.74, 6) is 1.45. The van der Waals surface area contributed by atoms with Gasteiger partial charge in [0.2, 0.25) is 5.91 Å². The zero-order valence-corrected chi connectivity index (χ0v) is 19.7. The van der Waals surface area contributed by atoms with Crippen molar-refractivity contribution in [2.24, 2.45) is 0 Å². The number of piperazine rings is 1. The molecule has 1 fully saturated rings. The first kappa shape index (κ1) is 25.0. The molecule has 2 aromatic rings. The van der Waals surface area contributed by atoms with Gasteiger partial charge >= 0.3 is 6.18 Å². The number of hydrogen-bond acceptors (Lipinski definition) is 4. The number of alkyl halides is 3. The molecule has 3 rings (SSSR count). The van der Waals surface area contributed by atoms with E-state index in [1.807, 2.05) is 18.7 Å². The van der Waals surface area contributed by atoms with Gasteiger partial charge in [0.15, 0.2) is 5.82 Å². The van der Waals surface area contributed by atoms with Gasteiger partial charge in [0, 0.05) is 49.4 Å². The fourth-order valence-corrected chi connectivity index (χ4v) is 4.22. The molecule has 1 aliphatic rings. The van der Waals surface area contributed by atoms with Crippen molar-refractivity contribution in [2.45, 2.75) is 65.5 Å². The van der Waals surface area contributed by atoms with E-state index in [2.05, 4.69) is 16.8 Å². The zero-order valence-electron chi connectivity index (χ0n) is 19.7. The molecule has 0 N–H and O–H groups in total. The van der Waals surface area contributed by atoms with E-state index in [1.165, 1.54) is 12.1 Å². The van der Waals surface area contributed by atoms with Gasteiger partial charge in [-0.05, 0) is 31.9 Å². The van der Waals surface area contributed by atoms with Gasteiger partial charge in [-0.2, -0.15) is 13.2 Å². The third-order valence-electron chi connectivity index (χ3n) is 6.19. The van der Waals surface area contributed by atoms with Crippen molar-refractivity contribution >= 4 is 11.7 Å². The maximum atomic E-state index is 12.9. The average molecular weight is 463 g/mol. The molecule has 5 nitrogen and oxygen atoms in total. The highest BCUT2D eigenvalue weighted by atomic mass is 19.4. The Balaban J connectivity index is 1.74. The number of carbonyl (C=O) groups is 1. The minimum Gasteiger partial charge on any atom is -0.353 e. The van der Waals surface area contributed by atoms with E-state index < -0.39 is 11.7 Å². The van der Waals surface area contributed by atoms with Crippen molar-refractivity contribution in [3.63, 3.8) is 0 Å². The molecular weight excluding hydrogens is 429 g/mol. The lowest BCUT2D eigenvalue weighted by atomic mass is 10.1. The Morgan fingerprint density at radius 3 is 2.21 bits per heavy atom. The molecule has 0 spiro atoms. The Morgan fingerprint density at radius 2 is 1.64 bits per heavy atom. The predicted molar refractivity (Wildman–Crippen MR) is 124 cm³/mol. The van der Waals surface area contributed by atoms with Crippen LogP contribution in [0.5, 0.6) is 0 Å². The number of nitrogens with zero attached hydrogens (tertiary/aromatic N) is 4. The number of anilines is 1. The van der Waals surface area contributed by atoms with E-state index in [-0.39, 0.29) is 5.91 Å². The SMILES string of the molecule is CCCCCCC(=O)N1CCN(c2nc(-c3ccc(C(F)(F)F)cc3)nc(C)c2CC)CC1. The lowest BCUT2D eigenvalue weighted by molar-refractivity contribution is -0.137. The molecule has 180 valence electrons. The maximum Gasteiger partial charge on any atom is 0.416 e. The number of aromatic nitrogens is 2. The van der Waals surface area contributed by atoms with Crippen molar-refractivity contribution < 1.29 is 18.0 Å². The monoisotopic (exact) mass is 462 g/mol. The highest BCUT2D eigenvalue weighted by Crippen LogP contribution is 2.31. The Labute approximate surface area is 194 Å². The van der Waals surface area contributed by atoms with Gasteiger partial charge in [-0.15, -0.1) is 0 Å². The first-order valence-electron chi connectivity index (χ1n) is 11.8. The molecule has 33 heavy (non-hydrogen) atoms. The summed E-state index contributed by atoms with van der Waals surface area (Å²) in [4.78, 5) is 25.9. The van der Waals surface area contributed by atoms with E-state index >= 15 is 0 Å². The highest BCUT2D eigenvalue weighted by Gasteiger charge is 2.30. The number of hydrogen-bond donors (Lipinski definition) is 0. The second kappa shape index (κ2) is 11.0. The number of amides is 1. The van der Waals surface area contributed by atoms with Gasteiger partial charge in [0.25, 0.3) is 0 Å². The second-order valence-electron chi connectivity index (χ2n) is 8.54. The topological polar surface area (TPSA) is 49.3 Å². The van der Waals surface area contributed by atoms with Gasteiger partial charge in [0.1, 0.15) is 5.82 Å². The summed E-state index contributed by atoms with van der Waals surface area (Å²) in [6.07, 6.45) is 1.33. The lowest BCUT2D eigenvalue weighted by Gasteiger charge is -2.36. The number of aryl methyl sites for hydroxylation is 1. The van der Waals surface area contributed by atoms with Gasteiger partial charge in [-0.25, -0.2) is 9.97 Å². The molecule has 0 bridgehead atoms. The number of rotatable bonds is 8. The van der Waals surface area contributed by atoms with Crippen LogP contribution in [0.25, 0.3) is 11.4 Å². The molecule has 0 radical (unpaired) electrons. The summed E-state index contributed by atoms with van der Waals surface area (Å²) in [7, 11) is 0. The average Bonchev–Trinajstić information content (AvgIpc) is 2.81. The van der Waals surface area contributed by atoms with Crippen LogP contribution < -0.4 is 4.90 Å². The van der Waals surface area contributed by atoms with Crippen LogP contribution >= 0.6 is 0 Å². The summed E-state index contributed by atoms with van der Waals surface area (Å²) in [5.41, 5.74) is 1.72. The van der Waals surface area contributed by atoms with Crippen molar-refractivity contribution in [1.29, 1.82) is 0 Å². The van der Waals surface area contributed by atoms with Crippen molar-refractivity contribution in [3.8, 4) is 11.4 Å². The first-order chi connectivity index (χ1) is 15.7. The quantitative estimate of drug-likeness (QED) is 0.476. The third kappa shape index (κ3) is 6.24. The fourth-order valence-electron chi connectivity index (χ4n) is 4.22. The minimum absolute atomic E-state index is 0.214. The Morgan fingerprint density at radius 1 is 0.970 bits per heavy atom. The molecule has 0 aliphatic carbocycles. The van der Waals surface area contributed by atoms with E-state index in [0.29, 0.717) is 44.0 Å². The Kier molecular flexibility index (Phi) is 8.32. The van der Waals surface area contributed by atoms with E-state index in [1.54, 1.807) is 0 Å². The minimum atomic E-state index is -4.38. The van der Waals surface area contributed by atoms with Crippen LogP contribution in [-0.4, -0.2) is 47.0 Å². The summed E-state index contributed by atoms with van der Waals surface area (Å²) in [6, 6.07) is 4.96.